The molecule has 1 aromatic rings. The minimum Gasteiger partial charge on any atom is -0.395 e. The van der Waals surface area contributed by atoms with Crippen LogP contribution in [0.3, 0.4) is 0 Å². The van der Waals surface area contributed by atoms with Gasteiger partial charge in [0.1, 0.15) is 0 Å². The van der Waals surface area contributed by atoms with Gasteiger partial charge in [-0.25, -0.2) is 4.98 Å². The summed E-state index contributed by atoms with van der Waals surface area (Å²) in [6.45, 7) is 6.79. The van der Waals surface area contributed by atoms with Gasteiger partial charge in [-0.1, -0.05) is 0 Å². The molecule has 6 nitrogen and oxygen atoms in total. The van der Waals surface area contributed by atoms with Gasteiger partial charge in [0.05, 0.1) is 18.0 Å². The molecule has 1 aliphatic heterocycles. The first kappa shape index (κ1) is 13.2. The number of β-amino-alcohol motifs (C(OH)–C–C–N with tert-alkyl or cyclic N) is 1. The van der Waals surface area contributed by atoms with Crippen molar-refractivity contribution in [3.8, 4) is 0 Å². The van der Waals surface area contributed by atoms with Crippen molar-refractivity contribution in [1.29, 1.82) is 0 Å². The van der Waals surface area contributed by atoms with E-state index in [1.54, 1.807) is 0 Å². The van der Waals surface area contributed by atoms with Gasteiger partial charge in [0.25, 0.3) is 0 Å². The van der Waals surface area contributed by atoms with Gasteiger partial charge in [0.2, 0.25) is 5.95 Å². The van der Waals surface area contributed by atoms with Crippen LogP contribution in [0.25, 0.3) is 0 Å². The van der Waals surface area contributed by atoms with Gasteiger partial charge >= 0.3 is 0 Å². The lowest BCUT2D eigenvalue weighted by molar-refractivity contribution is 0.166. The molecule has 100 valence electrons. The van der Waals surface area contributed by atoms with Crippen LogP contribution in [0.4, 0.5) is 5.95 Å². The third-order valence-corrected chi connectivity index (χ3v) is 3.35. The molecule has 0 amide bonds. The molecule has 0 aromatic carbocycles. The molecule has 2 heterocycles. The Morgan fingerprint density at radius 3 is 2.89 bits per heavy atom. The van der Waals surface area contributed by atoms with Crippen LogP contribution in [0.1, 0.15) is 24.2 Å². The number of aryl methyl sites for hydroxylation is 2. The molecule has 0 spiro atoms. The topological polar surface area (TPSA) is 74.2 Å². The normalized spacial score (nSPS) is 20.9. The van der Waals surface area contributed by atoms with Gasteiger partial charge in [0, 0.05) is 19.1 Å². The number of piperidine rings is 1. The standard InChI is InChI=1S/C12H21N5O/c1-9-10(2)15-16-12(13-9)14-11-4-3-5-17(8-11)6-7-18/h11,18H,3-8H2,1-2H3,(H,13,14,16)/t11-/m1/s1. The summed E-state index contributed by atoms with van der Waals surface area (Å²) in [5.41, 5.74) is 1.78. The van der Waals surface area contributed by atoms with Gasteiger partial charge in [-0.2, -0.15) is 5.10 Å². The zero-order chi connectivity index (χ0) is 13.0. The molecular formula is C12H21N5O. The van der Waals surface area contributed by atoms with Gasteiger partial charge < -0.3 is 10.4 Å². The van der Waals surface area contributed by atoms with Crippen molar-refractivity contribution in [2.45, 2.75) is 32.7 Å². The third kappa shape index (κ3) is 3.36. The fourth-order valence-electron chi connectivity index (χ4n) is 2.22. The van der Waals surface area contributed by atoms with E-state index in [9.17, 15) is 0 Å². The smallest absolute Gasteiger partial charge is 0.243 e. The van der Waals surface area contributed by atoms with E-state index in [1.165, 1.54) is 0 Å². The minimum absolute atomic E-state index is 0.217. The van der Waals surface area contributed by atoms with Crippen molar-refractivity contribution in [1.82, 2.24) is 20.1 Å². The molecule has 1 aliphatic rings. The van der Waals surface area contributed by atoms with Crippen molar-refractivity contribution in [2.24, 2.45) is 0 Å². The van der Waals surface area contributed by atoms with Crippen LogP contribution >= 0.6 is 0 Å². The molecule has 0 bridgehead atoms. The molecule has 18 heavy (non-hydrogen) atoms. The Morgan fingerprint density at radius 1 is 1.33 bits per heavy atom. The monoisotopic (exact) mass is 251 g/mol. The molecule has 1 saturated heterocycles. The molecule has 0 aliphatic carbocycles. The quantitative estimate of drug-likeness (QED) is 0.804. The van der Waals surface area contributed by atoms with Crippen LogP contribution in [0.5, 0.6) is 0 Å². The number of hydrogen-bond donors (Lipinski definition) is 2. The molecule has 0 saturated carbocycles. The fourth-order valence-corrected chi connectivity index (χ4v) is 2.22. The molecule has 6 heteroatoms. The van der Waals surface area contributed by atoms with Crippen molar-refractivity contribution in [3.05, 3.63) is 11.4 Å². The molecule has 1 fully saturated rings. The van der Waals surface area contributed by atoms with Crippen molar-refractivity contribution >= 4 is 5.95 Å². The SMILES string of the molecule is Cc1nnc(N[C@@H]2CCCN(CCO)C2)nc1C. The first-order chi connectivity index (χ1) is 8.69. The first-order valence-corrected chi connectivity index (χ1v) is 6.46. The predicted octanol–water partition coefficient (Wildman–Crippen LogP) is 0.357. The Hall–Kier alpha value is -1.27. The van der Waals surface area contributed by atoms with E-state index in [4.69, 9.17) is 5.11 Å². The van der Waals surface area contributed by atoms with Crippen molar-refractivity contribution in [3.63, 3.8) is 0 Å². The number of likely N-dealkylation sites (tertiary alicyclic amines) is 1. The van der Waals surface area contributed by atoms with Crippen LogP contribution in [0.15, 0.2) is 0 Å². The molecule has 2 rings (SSSR count). The molecular weight excluding hydrogens is 230 g/mol. The zero-order valence-electron chi connectivity index (χ0n) is 11.1. The maximum absolute atomic E-state index is 8.96. The van der Waals surface area contributed by atoms with E-state index in [-0.39, 0.29) is 6.61 Å². The summed E-state index contributed by atoms with van der Waals surface area (Å²) in [7, 11) is 0. The maximum Gasteiger partial charge on any atom is 0.243 e. The third-order valence-electron chi connectivity index (χ3n) is 3.35. The second-order valence-electron chi connectivity index (χ2n) is 4.81. The van der Waals surface area contributed by atoms with Gasteiger partial charge in [-0.05, 0) is 33.2 Å². The number of aliphatic hydroxyl groups is 1. The summed E-state index contributed by atoms with van der Waals surface area (Å²) in [5, 5.41) is 20.4. The second kappa shape index (κ2) is 6.06. The predicted molar refractivity (Wildman–Crippen MR) is 69.5 cm³/mol. The Kier molecular flexibility index (Phi) is 4.43. The van der Waals surface area contributed by atoms with Crippen LogP contribution in [-0.2, 0) is 0 Å². The van der Waals surface area contributed by atoms with Crippen LogP contribution in [-0.4, -0.2) is 57.5 Å². The Bertz CT molecular complexity index is 396. The summed E-state index contributed by atoms with van der Waals surface area (Å²) >= 11 is 0. The number of nitrogens with one attached hydrogen (secondary N) is 1. The molecule has 0 radical (unpaired) electrons. The van der Waals surface area contributed by atoms with Crippen molar-refractivity contribution in [2.75, 3.05) is 31.6 Å². The minimum atomic E-state index is 0.217. The highest BCUT2D eigenvalue weighted by molar-refractivity contribution is 5.26. The van der Waals surface area contributed by atoms with E-state index in [1.807, 2.05) is 13.8 Å². The molecule has 0 unspecified atom stereocenters. The van der Waals surface area contributed by atoms with E-state index < -0.39 is 0 Å². The number of anilines is 1. The number of rotatable bonds is 4. The molecule has 1 atom stereocenters. The van der Waals surface area contributed by atoms with Crippen LogP contribution in [0.2, 0.25) is 0 Å². The lowest BCUT2D eigenvalue weighted by Crippen LogP contribution is -2.43. The van der Waals surface area contributed by atoms with E-state index in [0.29, 0.717) is 12.0 Å². The molecule has 2 N–H and O–H groups in total. The summed E-state index contributed by atoms with van der Waals surface area (Å²) in [6.07, 6.45) is 2.24. The highest BCUT2D eigenvalue weighted by Crippen LogP contribution is 2.13. The summed E-state index contributed by atoms with van der Waals surface area (Å²) < 4.78 is 0. The van der Waals surface area contributed by atoms with E-state index in [2.05, 4.69) is 25.4 Å². The van der Waals surface area contributed by atoms with Gasteiger partial charge in [0.15, 0.2) is 0 Å². The maximum atomic E-state index is 8.96. The lowest BCUT2D eigenvalue weighted by atomic mass is 10.1. The largest absolute Gasteiger partial charge is 0.395 e. The Morgan fingerprint density at radius 2 is 2.17 bits per heavy atom. The number of nitrogens with zero attached hydrogens (tertiary/aromatic N) is 4. The zero-order valence-corrected chi connectivity index (χ0v) is 11.1. The Balaban J connectivity index is 1.93. The van der Waals surface area contributed by atoms with Crippen LogP contribution in [0, 0.1) is 13.8 Å². The first-order valence-electron chi connectivity index (χ1n) is 6.46. The van der Waals surface area contributed by atoms with E-state index in [0.717, 1.165) is 43.9 Å². The highest BCUT2D eigenvalue weighted by Gasteiger charge is 2.20. The van der Waals surface area contributed by atoms with Crippen molar-refractivity contribution < 1.29 is 5.11 Å². The number of aliphatic hydroxyl groups excluding tert-OH is 1. The Labute approximate surface area is 107 Å². The fraction of sp³-hybridized carbons (Fsp3) is 0.750. The summed E-state index contributed by atoms with van der Waals surface area (Å²) in [5.74, 6) is 0.606. The lowest BCUT2D eigenvalue weighted by Gasteiger charge is -2.32. The number of hydrogen-bond acceptors (Lipinski definition) is 6. The van der Waals surface area contributed by atoms with E-state index >= 15 is 0 Å². The molecule has 1 aromatic heterocycles. The summed E-state index contributed by atoms with van der Waals surface area (Å²) in [6, 6.07) is 0.342. The second-order valence-corrected chi connectivity index (χ2v) is 4.81. The summed E-state index contributed by atoms with van der Waals surface area (Å²) in [4.78, 5) is 6.64. The van der Waals surface area contributed by atoms with Gasteiger partial charge in [-0.15, -0.1) is 5.10 Å². The average molecular weight is 251 g/mol. The van der Waals surface area contributed by atoms with Gasteiger partial charge in [-0.3, -0.25) is 4.90 Å². The number of aromatic nitrogens is 3. The highest BCUT2D eigenvalue weighted by atomic mass is 16.3. The average Bonchev–Trinajstić information content (AvgIpc) is 2.35. The van der Waals surface area contributed by atoms with Crippen LogP contribution < -0.4 is 5.32 Å².